The molecular weight excluding hydrogens is 317 g/mol. The van der Waals surface area contributed by atoms with Crippen LogP contribution in [0.3, 0.4) is 0 Å². The van der Waals surface area contributed by atoms with E-state index in [9.17, 15) is 21.6 Å². The van der Waals surface area contributed by atoms with E-state index >= 15 is 0 Å². The Morgan fingerprint density at radius 1 is 0.955 bits per heavy atom. The van der Waals surface area contributed by atoms with E-state index in [0.717, 1.165) is 12.1 Å². The van der Waals surface area contributed by atoms with Crippen LogP contribution in [0.2, 0.25) is 0 Å². The van der Waals surface area contributed by atoms with Crippen LogP contribution in [0, 0.1) is 13.8 Å². The van der Waals surface area contributed by atoms with E-state index in [-0.39, 0.29) is 11.3 Å². The first-order valence-corrected chi connectivity index (χ1v) is 7.70. The molecule has 0 spiro atoms. The second-order valence-corrected chi connectivity index (χ2v) is 6.32. The van der Waals surface area contributed by atoms with Crippen molar-refractivity contribution < 1.29 is 25.8 Å². The topological polar surface area (TPSA) is 43.4 Å². The molecule has 0 unspecified atom stereocenters. The Morgan fingerprint density at radius 2 is 1.59 bits per heavy atom. The van der Waals surface area contributed by atoms with Crippen LogP contribution >= 0.6 is 0 Å². The molecule has 0 saturated carbocycles. The first-order valence-electron chi connectivity index (χ1n) is 6.29. The first-order chi connectivity index (χ1) is 10.1. The Hall–Kier alpha value is -2.02. The minimum absolute atomic E-state index is 0.0534. The molecule has 0 bridgehead atoms. The molecule has 0 heterocycles. The predicted octanol–water partition coefficient (Wildman–Crippen LogP) is 4.09. The number of halogens is 3. The van der Waals surface area contributed by atoms with E-state index in [2.05, 4.69) is 0 Å². The summed E-state index contributed by atoms with van der Waals surface area (Å²) in [7, 11) is -4.34. The van der Waals surface area contributed by atoms with Crippen LogP contribution in [0.5, 0.6) is 5.75 Å². The second-order valence-electron chi connectivity index (χ2n) is 4.78. The van der Waals surface area contributed by atoms with Crippen molar-refractivity contribution in [1.82, 2.24) is 0 Å². The maximum atomic E-state index is 12.9. The third-order valence-electron chi connectivity index (χ3n) is 3.10. The number of rotatable bonds is 3. The third kappa shape index (κ3) is 3.41. The Labute approximate surface area is 126 Å². The largest absolute Gasteiger partial charge is 0.416 e. The summed E-state index contributed by atoms with van der Waals surface area (Å²) in [4.78, 5) is -0.534. The summed E-state index contributed by atoms with van der Waals surface area (Å²) in [6, 6.07) is 9.14. The summed E-state index contributed by atoms with van der Waals surface area (Å²) in [5.74, 6) is 0.0802. The molecule has 0 aromatic heterocycles. The summed E-state index contributed by atoms with van der Waals surface area (Å²) < 4.78 is 67.9. The highest BCUT2D eigenvalue weighted by atomic mass is 32.2. The molecule has 7 heteroatoms. The van der Waals surface area contributed by atoms with E-state index in [1.807, 2.05) is 0 Å². The molecule has 2 aromatic carbocycles. The van der Waals surface area contributed by atoms with Gasteiger partial charge in [-0.2, -0.15) is 21.6 Å². The molecule has 2 rings (SSSR count). The van der Waals surface area contributed by atoms with Gasteiger partial charge in [0.25, 0.3) is 0 Å². The average molecular weight is 330 g/mol. The highest BCUT2D eigenvalue weighted by molar-refractivity contribution is 7.87. The quantitative estimate of drug-likeness (QED) is 0.796. The Bertz CT molecular complexity index is 796. The summed E-state index contributed by atoms with van der Waals surface area (Å²) >= 11 is 0. The maximum Gasteiger partial charge on any atom is 0.416 e. The van der Waals surface area contributed by atoms with Crippen LogP contribution in [0.25, 0.3) is 0 Å². The highest BCUT2D eigenvalue weighted by Crippen LogP contribution is 2.33. The van der Waals surface area contributed by atoms with Gasteiger partial charge in [-0.3, -0.25) is 0 Å². The molecule has 22 heavy (non-hydrogen) atoms. The summed E-state index contributed by atoms with van der Waals surface area (Å²) in [6.07, 6.45) is -4.63. The molecule has 0 amide bonds. The lowest BCUT2D eigenvalue weighted by Gasteiger charge is -2.13. The van der Waals surface area contributed by atoms with Gasteiger partial charge in [-0.25, -0.2) is 0 Å². The van der Waals surface area contributed by atoms with Crippen molar-refractivity contribution in [1.29, 1.82) is 0 Å². The van der Waals surface area contributed by atoms with Gasteiger partial charge in [-0.05, 0) is 43.2 Å². The average Bonchev–Trinajstić information content (AvgIpc) is 2.40. The van der Waals surface area contributed by atoms with Crippen molar-refractivity contribution in [2.75, 3.05) is 0 Å². The zero-order valence-electron chi connectivity index (χ0n) is 11.8. The number of benzene rings is 2. The van der Waals surface area contributed by atoms with E-state index in [0.29, 0.717) is 11.6 Å². The Morgan fingerprint density at radius 3 is 2.18 bits per heavy atom. The number of aryl methyl sites for hydroxylation is 2. The summed E-state index contributed by atoms with van der Waals surface area (Å²) in [5, 5.41) is 0. The third-order valence-corrected chi connectivity index (χ3v) is 4.33. The van der Waals surface area contributed by atoms with Crippen molar-refractivity contribution in [3.8, 4) is 5.75 Å². The molecule has 118 valence electrons. The number of hydrogen-bond acceptors (Lipinski definition) is 3. The van der Waals surface area contributed by atoms with Crippen LogP contribution in [-0.4, -0.2) is 8.42 Å². The van der Waals surface area contributed by atoms with Crippen LogP contribution in [0.4, 0.5) is 13.2 Å². The van der Waals surface area contributed by atoms with Gasteiger partial charge in [-0.1, -0.05) is 24.3 Å². The molecule has 2 aromatic rings. The van der Waals surface area contributed by atoms with Crippen molar-refractivity contribution in [3.05, 3.63) is 59.2 Å². The minimum atomic E-state index is -4.63. The zero-order valence-corrected chi connectivity index (χ0v) is 12.6. The van der Waals surface area contributed by atoms with Crippen molar-refractivity contribution in [3.63, 3.8) is 0 Å². The van der Waals surface area contributed by atoms with Gasteiger partial charge in [0.05, 0.1) is 5.56 Å². The minimum Gasteiger partial charge on any atom is -0.379 e. The second kappa shape index (κ2) is 5.64. The molecule has 0 aliphatic heterocycles. The molecule has 3 nitrogen and oxygen atoms in total. The van der Waals surface area contributed by atoms with E-state index in [1.54, 1.807) is 25.1 Å². The van der Waals surface area contributed by atoms with Gasteiger partial charge >= 0.3 is 16.3 Å². The van der Waals surface area contributed by atoms with E-state index < -0.39 is 26.8 Å². The SMILES string of the molecule is Cc1ccccc1OS(=O)(=O)c1ccc(C)c(C(F)(F)F)c1. The van der Waals surface area contributed by atoms with Crippen LogP contribution in [-0.2, 0) is 16.3 Å². The van der Waals surface area contributed by atoms with Crippen molar-refractivity contribution in [2.45, 2.75) is 24.9 Å². The predicted molar refractivity (Wildman–Crippen MR) is 75.2 cm³/mol. The standard InChI is InChI=1S/C15H13F3O3S/c1-10-7-8-12(9-13(10)15(16,17)18)22(19,20)21-14-6-4-3-5-11(14)2/h3-9H,1-2H3. The molecule has 0 radical (unpaired) electrons. The van der Waals surface area contributed by atoms with Crippen molar-refractivity contribution in [2.24, 2.45) is 0 Å². The lowest BCUT2D eigenvalue weighted by atomic mass is 10.1. The fourth-order valence-electron chi connectivity index (χ4n) is 1.88. The van der Waals surface area contributed by atoms with Gasteiger partial charge in [0, 0.05) is 0 Å². The summed E-state index contributed by atoms with van der Waals surface area (Å²) in [6.45, 7) is 2.91. The first kappa shape index (κ1) is 16.4. The van der Waals surface area contributed by atoms with Gasteiger partial charge in [0.2, 0.25) is 0 Å². The molecule has 0 N–H and O–H groups in total. The van der Waals surface area contributed by atoms with Crippen LogP contribution < -0.4 is 4.18 Å². The zero-order chi connectivity index (χ0) is 16.5. The smallest absolute Gasteiger partial charge is 0.379 e. The normalized spacial score (nSPS) is 12.2. The highest BCUT2D eigenvalue weighted by Gasteiger charge is 2.34. The van der Waals surface area contributed by atoms with Gasteiger partial charge in [0.15, 0.2) is 0 Å². The summed E-state index contributed by atoms with van der Waals surface area (Å²) in [5.41, 5.74) is -0.487. The fraction of sp³-hybridized carbons (Fsp3) is 0.200. The molecule has 0 atom stereocenters. The number of para-hydroxylation sites is 1. The van der Waals surface area contributed by atoms with E-state index in [4.69, 9.17) is 4.18 Å². The Balaban J connectivity index is 2.45. The molecule has 0 saturated heterocycles. The van der Waals surface area contributed by atoms with Gasteiger partial charge in [-0.15, -0.1) is 0 Å². The number of hydrogen-bond donors (Lipinski definition) is 0. The Kier molecular flexibility index (Phi) is 4.19. The molecule has 0 aliphatic carbocycles. The lowest BCUT2D eigenvalue weighted by Crippen LogP contribution is -2.14. The van der Waals surface area contributed by atoms with Gasteiger partial charge in [0.1, 0.15) is 10.6 Å². The van der Waals surface area contributed by atoms with E-state index in [1.165, 1.54) is 13.0 Å². The van der Waals surface area contributed by atoms with Crippen LogP contribution in [0.15, 0.2) is 47.4 Å². The van der Waals surface area contributed by atoms with Gasteiger partial charge < -0.3 is 4.18 Å². The van der Waals surface area contributed by atoms with Crippen molar-refractivity contribution >= 4 is 10.1 Å². The monoisotopic (exact) mass is 330 g/mol. The molecular formula is C15H13F3O3S. The maximum absolute atomic E-state index is 12.9. The molecule has 0 aliphatic rings. The number of alkyl halides is 3. The fourth-order valence-corrected chi connectivity index (χ4v) is 2.89. The lowest BCUT2D eigenvalue weighted by molar-refractivity contribution is -0.138. The van der Waals surface area contributed by atoms with Crippen LogP contribution in [0.1, 0.15) is 16.7 Å². The molecule has 0 fully saturated rings.